The number of ether oxygens (including phenoxy) is 1. The number of benzene rings is 2. The lowest BCUT2D eigenvalue weighted by Gasteiger charge is -2.13. The number of fused-ring (bicyclic) bond motifs is 1. The van der Waals surface area contributed by atoms with E-state index in [0.717, 1.165) is 12.0 Å². The standard InChI is InChI=1S/C24H20Cl3N3O4/c1-12-21-17(29-30-23(31)15-8-6-13(25)10-16(15)27)4-3-5-20(21)34-22(12)24(32)28-18-11-14(26)7-9-19(18)33-2/h6-11H,3-5H2,1-2H3,(H,28,32)(H,30,31)/b29-17+. The van der Waals surface area contributed by atoms with Crippen molar-refractivity contribution in [2.45, 2.75) is 26.2 Å². The number of halogens is 3. The third-order valence-corrected chi connectivity index (χ3v) is 6.19. The van der Waals surface area contributed by atoms with Crippen LogP contribution in [0.5, 0.6) is 5.75 Å². The number of nitrogens with one attached hydrogen (secondary N) is 2. The number of hydrogen-bond donors (Lipinski definition) is 2. The van der Waals surface area contributed by atoms with Gasteiger partial charge in [-0.25, -0.2) is 5.43 Å². The number of anilines is 1. The van der Waals surface area contributed by atoms with Gasteiger partial charge in [-0.3, -0.25) is 9.59 Å². The fourth-order valence-electron chi connectivity index (χ4n) is 3.81. The SMILES string of the molecule is COc1ccc(Cl)cc1NC(=O)c1oc2c(c1C)/C(=N/NC(=O)c1ccc(Cl)cc1Cl)CCC2. The highest BCUT2D eigenvalue weighted by atomic mass is 35.5. The quantitative estimate of drug-likeness (QED) is 0.387. The second kappa shape index (κ2) is 10.1. The van der Waals surface area contributed by atoms with Crippen LogP contribution in [-0.2, 0) is 6.42 Å². The molecule has 0 fully saturated rings. The average Bonchev–Trinajstić information content (AvgIpc) is 3.15. The van der Waals surface area contributed by atoms with Crippen LogP contribution in [0.1, 0.15) is 50.6 Å². The topological polar surface area (TPSA) is 92.9 Å². The Morgan fingerprint density at radius 2 is 1.76 bits per heavy atom. The summed E-state index contributed by atoms with van der Waals surface area (Å²) in [6.45, 7) is 1.78. The van der Waals surface area contributed by atoms with Crippen molar-refractivity contribution >= 4 is 58.0 Å². The zero-order valence-corrected chi connectivity index (χ0v) is 20.6. The lowest BCUT2D eigenvalue weighted by atomic mass is 9.93. The highest BCUT2D eigenvalue weighted by Crippen LogP contribution is 2.32. The molecule has 7 nitrogen and oxygen atoms in total. The van der Waals surface area contributed by atoms with Gasteiger partial charge in [-0.15, -0.1) is 0 Å². The van der Waals surface area contributed by atoms with Crippen LogP contribution in [0.25, 0.3) is 0 Å². The minimum atomic E-state index is -0.464. The Morgan fingerprint density at radius 3 is 2.50 bits per heavy atom. The van der Waals surface area contributed by atoms with Crippen molar-refractivity contribution in [1.29, 1.82) is 0 Å². The van der Waals surface area contributed by atoms with Crippen molar-refractivity contribution < 1.29 is 18.7 Å². The van der Waals surface area contributed by atoms with E-state index < -0.39 is 11.8 Å². The molecule has 1 aliphatic carbocycles. The van der Waals surface area contributed by atoms with E-state index in [-0.39, 0.29) is 16.3 Å². The van der Waals surface area contributed by atoms with Crippen LogP contribution in [0, 0.1) is 6.92 Å². The second-order valence-electron chi connectivity index (χ2n) is 7.63. The first-order valence-electron chi connectivity index (χ1n) is 10.4. The van der Waals surface area contributed by atoms with E-state index in [1.54, 1.807) is 31.2 Å². The summed E-state index contributed by atoms with van der Waals surface area (Å²) < 4.78 is 11.2. The van der Waals surface area contributed by atoms with Gasteiger partial charge in [0.15, 0.2) is 5.76 Å². The summed E-state index contributed by atoms with van der Waals surface area (Å²) in [5.74, 6) is 0.369. The number of aryl methyl sites for hydroxylation is 1. The zero-order valence-electron chi connectivity index (χ0n) is 18.3. The second-order valence-corrected chi connectivity index (χ2v) is 8.91. The number of hydrazone groups is 1. The molecule has 34 heavy (non-hydrogen) atoms. The van der Waals surface area contributed by atoms with Crippen molar-refractivity contribution in [3.8, 4) is 5.75 Å². The summed E-state index contributed by atoms with van der Waals surface area (Å²) >= 11 is 18.1. The Balaban J connectivity index is 1.59. The zero-order chi connectivity index (χ0) is 24.4. The van der Waals surface area contributed by atoms with Crippen LogP contribution in [0.3, 0.4) is 0 Å². The van der Waals surface area contributed by atoms with Crippen molar-refractivity contribution in [1.82, 2.24) is 5.43 Å². The van der Waals surface area contributed by atoms with Crippen molar-refractivity contribution in [3.05, 3.63) is 79.7 Å². The molecule has 2 N–H and O–H groups in total. The van der Waals surface area contributed by atoms with Crippen molar-refractivity contribution in [2.75, 3.05) is 12.4 Å². The number of rotatable bonds is 5. The largest absolute Gasteiger partial charge is 0.495 e. The molecule has 2 amide bonds. The predicted molar refractivity (Wildman–Crippen MR) is 133 cm³/mol. The van der Waals surface area contributed by atoms with Crippen LogP contribution in [0.4, 0.5) is 5.69 Å². The third kappa shape index (κ3) is 4.92. The summed E-state index contributed by atoms with van der Waals surface area (Å²) in [6.07, 6.45) is 2.03. The molecular weight excluding hydrogens is 501 g/mol. The van der Waals surface area contributed by atoms with Gasteiger partial charge in [-0.05, 0) is 56.2 Å². The van der Waals surface area contributed by atoms with Gasteiger partial charge in [0.2, 0.25) is 0 Å². The third-order valence-electron chi connectivity index (χ3n) is 5.41. The summed E-state index contributed by atoms with van der Waals surface area (Å²) in [6, 6.07) is 9.53. The molecule has 0 unspecified atom stereocenters. The molecule has 0 spiro atoms. The van der Waals surface area contributed by atoms with Gasteiger partial charge < -0.3 is 14.5 Å². The van der Waals surface area contributed by atoms with E-state index in [4.69, 9.17) is 44.0 Å². The fourth-order valence-corrected chi connectivity index (χ4v) is 4.47. The van der Waals surface area contributed by atoms with Crippen LogP contribution in [0.2, 0.25) is 15.1 Å². The van der Waals surface area contributed by atoms with Crippen LogP contribution in [0.15, 0.2) is 45.9 Å². The van der Waals surface area contributed by atoms with E-state index in [0.29, 0.717) is 51.4 Å². The van der Waals surface area contributed by atoms with E-state index >= 15 is 0 Å². The van der Waals surface area contributed by atoms with E-state index in [1.165, 1.54) is 19.2 Å². The van der Waals surface area contributed by atoms with Crippen molar-refractivity contribution in [2.24, 2.45) is 5.10 Å². The molecule has 1 heterocycles. The summed E-state index contributed by atoms with van der Waals surface area (Å²) in [4.78, 5) is 25.6. The number of methoxy groups -OCH3 is 1. The molecule has 0 radical (unpaired) electrons. The molecule has 176 valence electrons. The van der Waals surface area contributed by atoms with Gasteiger partial charge in [0, 0.05) is 27.6 Å². The molecule has 0 saturated carbocycles. The molecule has 2 aromatic carbocycles. The number of hydrogen-bond acceptors (Lipinski definition) is 5. The summed E-state index contributed by atoms with van der Waals surface area (Å²) in [7, 11) is 1.50. The molecule has 4 rings (SSSR count). The average molecular weight is 521 g/mol. The fraction of sp³-hybridized carbons (Fsp3) is 0.208. The first-order valence-corrected chi connectivity index (χ1v) is 11.5. The number of carbonyl (C=O) groups excluding carboxylic acids is 2. The van der Waals surface area contributed by atoms with Crippen molar-refractivity contribution in [3.63, 3.8) is 0 Å². The van der Waals surface area contributed by atoms with E-state index in [9.17, 15) is 9.59 Å². The van der Waals surface area contributed by atoms with Gasteiger partial charge >= 0.3 is 0 Å². The molecule has 10 heteroatoms. The van der Waals surface area contributed by atoms with Gasteiger partial charge in [0.25, 0.3) is 11.8 Å². The van der Waals surface area contributed by atoms with Gasteiger partial charge in [-0.1, -0.05) is 34.8 Å². The molecule has 0 bridgehead atoms. The van der Waals surface area contributed by atoms with Gasteiger partial charge in [-0.2, -0.15) is 5.10 Å². The Hall–Kier alpha value is -3.00. The Kier molecular flexibility index (Phi) is 7.16. The van der Waals surface area contributed by atoms with Crippen LogP contribution in [-0.4, -0.2) is 24.6 Å². The number of furan rings is 1. The molecule has 3 aromatic rings. The summed E-state index contributed by atoms with van der Waals surface area (Å²) in [5.41, 5.74) is 5.20. The van der Waals surface area contributed by atoms with Gasteiger partial charge in [0.05, 0.1) is 29.1 Å². The lowest BCUT2D eigenvalue weighted by molar-refractivity contribution is 0.0953. The highest BCUT2D eigenvalue weighted by molar-refractivity contribution is 6.36. The molecule has 1 aliphatic rings. The molecule has 0 saturated heterocycles. The van der Waals surface area contributed by atoms with E-state index in [1.807, 2.05) is 0 Å². The first-order chi connectivity index (χ1) is 16.3. The van der Waals surface area contributed by atoms with Gasteiger partial charge in [0.1, 0.15) is 11.5 Å². The predicted octanol–water partition coefficient (Wildman–Crippen LogP) is 6.28. The Morgan fingerprint density at radius 1 is 1.03 bits per heavy atom. The maximum atomic E-state index is 13.0. The number of carbonyl (C=O) groups is 2. The molecule has 0 atom stereocenters. The first kappa shape index (κ1) is 24.1. The smallest absolute Gasteiger partial charge is 0.291 e. The Labute approximate surface area is 211 Å². The maximum Gasteiger partial charge on any atom is 0.291 e. The lowest BCUT2D eigenvalue weighted by Crippen LogP contribution is -2.22. The number of nitrogens with zero attached hydrogens (tertiary/aromatic N) is 1. The van der Waals surface area contributed by atoms with E-state index in [2.05, 4.69) is 15.8 Å². The maximum absolute atomic E-state index is 13.0. The van der Waals surface area contributed by atoms with Crippen LogP contribution < -0.4 is 15.5 Å². The Bertz CT molecular complexity index is 1320. The number of amides is 2. The van der Waals surface area contributed by atoms with Crippen LogP contribution >= 0.6 is 34.8 Å². The molecule has 1 aromatic heterocycles. The molecule has 0 aliphatic heterocycles. The summed E-state index contributed by atoms with van der Waals surface area (Å²) in [5, 5.41) is 8.22. The molecular formula is C24H20Cl3N3O4. The minimum Gasteiger partial charge on any atom is -0.495 e. The minimum absolute atomic E-state index is 0.161. The normalized spacial score (nSPS) is 14.0. The monoisotopic (exact) mass is 519 g/mol. The highest BCUT2D eigenvalue weighted by Gasteiger charge is 2.28.